The van der Waals surface area contributed by atoms with E-state index >= 15 is 0 Å². The zero-order valence-corrected chi connectivity index (χ0v) is 21.0. The van der Waals surface area contributed by atoms with Crippen molar-refractivity contribution in [3.63, 3.8) is 0 Å². The molecule has 0 spiro atoms. The molecule has 10 heteroatoms. The molecule has 0 aliphatic heterocycles. The Bertz CT molecular complexity index is 1540. The Morgan fingerprint density at radius 1 is 1.00 bits per heavy atom. The maximum atomic E-state index is 12.5. The highest BCUT2D eigenvalue weighted by Crippen LogP contribution is 2.29. The summed E-state index contributed by atoms with van der Waals surface area (Å²) in [5, 5.41) is 14.5. The van der Waals surface area contributed by atoms with E-state index in [9.17, 15) is 4.79 Å². The molecule has 2 aromatic heterocycles. The smallest absolute Gasteiger partial charge is 0.250 e. The van der Waals surface area contributed by atoms with E-state index in [1.807, 2.05) is 83.6 Å². The van der Waals surface area contributed by atoms with Crippen LogP contribution in [0.15, 0.2) is 89.3 Å². The minimum atomic E-state index is -0.253. The molecule has 0 unspecified atom stereocenters. The number of hydrogen-bond donors (Lipinski definition) is 2. The SMILES string of the molecule is COc1ccc(-c2nnc(SCC(=O)N/N=C\c3c[nH]c4ccccc34)n2-c2ccc(OC)cc2)cc1. The van der Waals surface area contributed by atoms with E-state index in [1.165, 1.54) is 11.8 Å². The van der Waals surface area contributed by atoms with Gasteiger partial charge < -0.3 is 14.5 Å². The maximum absolute atomic E-state index is 12.5. The van der Waals surface area contributed by atoms with Gasteiger partial charge in [0.25, 0.3) is 5.91 Å². The first-order valence-electron chi connectivity index (χ1n) is 11.4. The van der Waals surface area contributed by atoms with Crippen molar-refractivity contribution in [2.24, 2.45) is 5.10 Å². The van der Waals surface area contributed by atoms with E-state index in [1.54, 1.807) is 20.4 Å². The van der Waals surface area contributed by atoms with Gasteiger partial charge >= 0.3 is 0 Å². The fraction of sp³-hybridized carbons (Fsp3) is 0.111. The standard InChI is InChI=1S/C27H24N6O3S/c1-35-21-11-7-18(8-12-21)26-31-32-27(33(26)20-9-13-22(36-2)14-10-20)37-17-25(34)30-29-16-19-15-28-24-6-4-3-5-23(19)24/h3-16,28H,17H2,1-2H3,(H,30,34)/b29-16-. The summed E-state index contributed by atoms with van der Waals surface area (Å²) in [4.78, 5) is 15.7. The van der Waals surface area contributed by atoms with Gasteiger partial charge in [-0.15, -0.1) is 10.2 Å². The van der Waals surface area contributed by atoms with Crippen LogP contribution in [0, 0.1) is 0 Å². The van der Waals surface area contributed by atoms with Crippen molar-refractivity contribution in [3.05, 3.63) is 84.6 Å². The van der Waals surface area contributed by atoms with Gasteiger partial charge in [-0.05, 0) is 54.6 Å². The minimum Gasteiger partial charge on any atom is -0.497 e. The Labute approximate surface area is 217 Å². The normalized spacial score (nSPS) is 11.2. The van der Waals surface area contributed by atoms with Crippen molar-refractivity contribution in [3.8, 4) is 28.6 Å². The molecule has 5 aromatic rings. The van der Waals surface area contributed by atoms with E-state index in [0.29, 0.717) is 11.0 Å². The van der Waals surface area contributed by atoms with Gasteiger partial charge in [0.15, 0.2) is 11.0 Å². The van der Waals surface area contributed by atoms with Crippen LogP contribution >= 0.6 is 11.8 Å². The highest BCUT2D eigenvalue weighted by Gasteiger charge is 2.17. The molecule has 0 bridgehead atoms. The lowest BCUT2D eigenvalue weighted by Gasteiger charge is -2.11. The highest BCUT2D eigenvalue weighted by atomic mass is 32.2. The molecule has 0 saturated heterocycles. The monoisotopic (exact) mass is 512 g/mol. The molecule has 0 atom stereocenters. The number of H-pyrrole nitrogens is 1. The van der Waals surface area contributed by atoms with Gasteiger partial charge in [0.1, 0.15) is 11.5 Å². The third-order valence-corrected chi connectivity index (χ3v) is 6.59. The van der Waals surface area contributed by atoms with Crippen molar-refractivity contribution >= 4 is 34.8 Å². The van der Waals surface area contributed by atoms with Crippen LogP contribution in [0.25, 0.3) is 28.0 Å². The van der Waals surface area contributed by atoms with Gasteiger partial charge in [0.05, 0.1) is 26.2 Å². The van der Waals surface area contributed by atoms with Crippen molar-refractivity contribution in [2.45, 2.75) is 5.16 Å². The molecular weight excluding hydrogens is 488 g/mol. The van der Waals surface area contributed by atoms with Gasteiger partial charge in [-0.1, -0.05) is 30.0 Å². The summed E-state index contributed by atoms with van der Waals surface area (Å²) in [5.41, 5.74) is 6.20. The molecule has 0 aliphatic carbocycles. The van der Waals surface area contributed by atoms with Crippen molar-refractivity contribution in [2.75, 3.05) is 20.0 Å². The summed E-state index contributed by atoms with van der Waals surface area (Å²) in [7, 11) is 3.25. The molecule has 1 amide bonds. The predicted octanol–water partition coefficient (Wildman–Crippen LogP) is 4.68. The third-order valence-electron chi connectivity index (χ3n) is 5.66. The highest BCUT2D eigenvalue weighted by molar-refractivity contribution is 7.99. The number of thioether (sulfide) groups is 1. The predicted molar refractivity (Wildman–Crippen MR) is 145 cm³/mol. The van der Waals surface area contributed by atoms with Crippen molar-refractivity contribution in [1.29, 1.82) is 0 Å². The number of carbonyl (C=O) groups is 1. The first kappa shape index (κ1) is 24.1. The second kappa shape index (κ2) is 11.0. The quantitative estimate of drug-likeness (QED) is 0.169. The Balaban J connectivity index is 1.33. The molecule has 186 valence electrons. The number of methoxy groups -OCH3 is 2. The number of hydrazone groups is 1. The number of nitrogens with one attached hydrogen (secondary N) is 2. The van der Waals surface area contributed by atoms with E-state index in [4.69, 9.17) is 9.47 Å². The number of rotatable bonds is 9. The number of hydrogen-bond acceptors (Lipinski definition) is 7. The number of ether oxygens (including phenoxy) is 2. The second-order valence-electron chi connectivity index (χ2n) is 7.94. The van der Waals surface area contributed by atoms with E-state index < -0.39 is 0 Å². The average Bonchev–Trinajstić information content (AvgIpc) is 3.56. The number of nitrogens with zero attached hydrogens (tertiary/aromatic N) is 4. The Morgan fingerprint density at radius 2 is 1.70 bits per heavy atom. The largest absolute Gasteiger partial charge is 0.497 e. The summed E-state index contributed by atoms with van der Waals surface area (Å²) >= 11 is 1.27. The van der Waals surface area contributed by atoms with Gasteiger partial charge in [0, 0.05) is 33.9 Å². The van der Waals surface area contributed by atoms with Crippen LogP contribution in [0.3, 0.4) is 0 Å². The van der Waals surface area contributed by atoms with Crippen LogP contribution in [-0.4, -0.2) is 51.8 Å². The number of amides is 1. The molecule has 2 heterocycles. The van der Waals surface area contributed by atoms with Gasteiger partial charge in [-0.3, -0.25) is 9.36 Å². The first-order chi connectivity index (χ1) is 18.2. The Hall–Kier alpha value is -4.57. The number of aromatic amines is 1. The van der Waals surface area contributed by atoms with Gasteiger partial charge in [-0.2, -0.15) is 5.10 Å². The fourth-order valence-corrected chi connectivity index (χ4v) is 4.54. The summed E-state index contributed by atoms with van der Waals surface area (Å²) in [6.45, 7) is 0. The van der Waals surface area contributed by atoms with E-state index in [0.717, 1.165) is 39.2 Å². The lowest BCUT2D eigenvalue weighted by atomic mass is 10.2. The molecule has 5 rings (SSSR count). The summed E-state index contributed by atoms with van der Waals surface area (Å²) in [6, 6.07) is 23.1. The van der Waals surface area contributed by atoms with E-state index in [2.05, 4.69) is 25.7 Å². The molecular formula is C27H24N6O3S. The first-order valence-corrected chi connectivity index (χ1v) is 12.4. The third kappa shape index (κ3) is 5.34. The molecule has 0 fully saturated rings. The summed E-state index contributed by atoms with van der Waals surface area (Å²) in [5.74, 6) is 2.00. The summed E-state index contributed by atoms with van der Waals surface area (Å²) < 4.78 is 12.5. The van der Waals surface area contributed by atoms with Crippen LogP contribution in [0.1, 0.15) is 5.56 Å². The molecule has 9 nitrogen and oxygen atoms in total. The van der Waals surface area contributed by atoms with Crippen LogP contribution < -0.4 is 14.9 Å². The lowest BCUT2D eigenvalue weighted by Crippen LogP contribution is -2.20. The molecule has 2 N–H and O–H groups in total. The molecule has 3 aromatic carbocycles. The maximum Gasteiger partial charge on any atom is 0.250 e. The number of benzene rings is 3. The minimum absolute atomic E-state index is 0.113. The Morgan fingerprint density at radius 3 is 2.43 bits per heavy atom. The lowest BCUT2D eigenvalue weighted by molar-refractivity contribution is -0.118. The molecule has 37 heavy (non-hydrogen) atoms. The molecule has 0 saturated carbocycles. The molecule has 0 radical (unpaired) electrons. The average molecular weight is 513 g/mol. The number of aromatic nitrogens is 4. The number of para-hydroxylation sites is 1. The van der Waals surface area contributed by atoms with Crippen LogP contribution in [-0.2, 0) is 4.79 Å². The second-order valence-corrected chi connectivity index (χ2v) is 8.88. The zero-order chi connectivity index (χ0) is 25.6. The van der Waals surface area contributed by atoms with Gasteiger partial charge in [0.2, 0.25) is 0 Å². The van der Waals surface area contributed by atoms with E-state index in [-0.39, 0.29) is 11.7 Å². The Kier molecular flexibility index (Phi) is 7.18. The topological polar surface area (TPSA) is 106 Å². The fourth-order valence-electron chi connectivity index (χ4n) is 3.79. The number of carbonyl (C=O) groups excluding carboxylic acids is 1. The van der Waals surface area contributed by atoms with Crippen LogP contribution in [0.4, 0.5) is 0 Å². The van der Waals surface area contributed by atoms with Crippen LogP contribution in [0.5, 0.6) is 11.5 Å². The summed E-state index contributed by atoms with van der Waals surface area (Å²) in [6.07, 6.45) is 3.48. The number of fused-ring (bicyclic) bond motifs is 1. The van der Waals surface area contributed by atoms with Gasteiger partial charge in [-0.25, -0.2) is 5.43 Å². The van der Waals surface area contributed by atoms with Crippen molar-refractivity contribution < 1.29 is 14.3 Å². The van der Waals surface area contributed by atoms with Crippen LogP contribution in [0.2, 0.25) is 0 Å². The van der Waals surface area contributed by atoms with Crippen molar-refractivity contribution in [1.82, 2.24) is 25.2 Å². The molecule has 0 aliphatic rings. The zero-order valence-electron chi connectivity index (χ0n) is 20.2.